The van der Waals surface area contributed by atoms with Crippen molar-refractivity contribution in [3.05, 3.63) is 106 Å². The van der Waals surface area contributed by atoms with Gasteiger partial charge in [-0.25, -0.2) is 19.2 Å². The van der Waals surface area contributed by atoms with Crippen molar-refractivity contribution in [2.45, 2.75) is 0 Å². The van der Waals surface area contributed by atoms with Crippen LogP contribution in [0.15, 0.2) is 106 Å². The topological polar surface area (TPSA) is 105 Å². The molecule has 24 heteroatoms. The highest BCUT2D eigenvalue weighted by molar-refractivity contribution is 8.48. The highest BCUT2D eigenvalue weighted by Crippen LogP contribution is 2.68. The number of esters is 4. The number of methoxy groups -OCH3 is 4. The lowest BCUT2D eigenvalue weighted by Gasteiger charge is -2.08. The molecule has 6 rings (SSSR count). The lowest BCUT2D eigenvalue weighted by Crippen LogP contribution is -2.08. The number of hydrogen-bond acceptors (Lipinski definition) is 24. The maximum atomic E-state index is 12.6. The number of ether oxygens (including phenoxy) is 4. The van der Waals surface area contributed by atoms with E-state index in [9.17, 15) is 19.2 Å². The monoisotopic (exact) mass is 1080 g/mol. The van der Waals surface area contributed by atoms with Gasteiger partial charge in [0.15, 0.2) is 0 Å². The normalized spacial score (nSPS) is 19.2. The molecule has 8 nitrogen and oxygen atoms in total. The van der Waals surface area contributed by atoms with Gasteiger partial charge in [-0.1, -0.05) is 141 Å². The zero-order chi connectivity index (χ0) is 41.7. The molecule has 6 aliphatic rings. The van der Waals surface area contributed by atoms with Gasteiger partial charge in [-0.2, -0.15) is 0 Å². The Labute approximate surface area is 404 Å². The van der Waals surface area contributed by atoms with E-state index in [4.69, 9.17) is 18.9 Å². The lowest BCUT2D eigenvalue weighted by atomic mass is 10.3. The molecule has 0 aliphatic carbocycles. The highest BCUT2D eigenvalue weighted by Gasteiger charge is 2.36. The summed E-state index contributed by atoms with van der Waals surface area (Å²) in [5, 5.41) is 0. The molecule has 0 amide bonds. The van der Waals surface area contributed by atoms with Gasteiger partial charge >= 0.3 is 23.9 Å². The predicted octanol–water partition coefficient (Wildman–Crippen LogP) is 13.6. The van der Waals surface area contributed by atoms with Crippen molar-refractivity contribution >= 4 is 212 Å². The lowest BCUT2D eigenvalue weighted by molar-refractivity contribution is -0.138. The summed E-state index contributed by atoms with van der Waals surface area (Å²) in [4.78, 5) is 51.4. The van der Waals surface area contributed by atoms with Gasteiger partial charge in [-0.15, -0.1) is 47.0 Å². The molecule has 0 saturated heterocycles. The van der Waals surface area contributed by atoms with Gasteiger partial charge in [0.05, 0.1) is 79.3 Å². The Balaban J connectivity index is 1.27. The van der Waals surface area contributed by atoms with Crippen molar-refractivity contribution in [3.8, 4) is 0 Å². The van der Waals surface area contributed by atoms with E-state index in [-0.39, 0.29) is 19.6 Å². The van der Waals surface area contributed by atoms with Crippen molar-refractivity contribution in [3.63, 3.8) is 0 Å². The van der Waals surface area contributed by atoms with Crippen LogP contribution in [-0.4, -0.2) is 77.3 Å². The number of thioether (sulfide) groups is 16. The molecule has 0 unspecified atom stereocenters. The fourth-order valence-electron chi connectivity index (χ4n) is 4.50. The van der Waals surface area contributed by atoms with E-state index in [0.29, 0.717) is 0 Å². The Morgan fingerprint density at radius 1 is 0.379 bits per heavy atom. The van der Waals surface area contributed by atoms with Gasteiger partial charge in [-0.3, -0.25) is 0 Å². The number of rotatable bonds is 12. The van der Waals surface area contributed by atoms with Crippen LogP contribution in [0, 0.1) is 0 Å². The summed E-state index contributed by atoms with van der Waals surface area (Å²) in [5.41, 5.74) is 1.98. The molecule has 0 aromatic rings. The first-order valence-corrected chi connectivity index (χ1v) is 30.4. The zero-order valence-corrected chi connectivity index (χ0v) is 44.2. The molecule has 58 heavy (non-hydrogen) atoms. The molecule has 0 bridgehead atoms. The van der Waals surface area contributed by atoms with Crippen LogP contribution in [-0.2, 0) is 38.1 Å². The first-order chi connectivity index (χ1) is 28.0. The SMILES string of the molecule is COC(=O)C1=C(C(=O)OC)SC(=CC(C=C2SC3=C(S2)SC(=CC(C=C2SC(C(=O)OC)=C(C(=O)OC)S2)=C2SC(SC)=C(SC)S2)S3)=C2SC(SC)=C(SC)S2)S1. The molecular formula is C34H28O8S16. The van der Waals surface area contributed by atoms with Gasteiger partial charge in [-0.05, 0) is 60.5 Å². The molecule has 0 aromatic carbocycles. The number of allylic oxidation sites excluding steroid dienone is 6. The van der Waals surface area contributed by atoms with Crippen LogP contribution in [0.1, 0.15) is 0 Å². The maximum absolute atomic E-state index is 12.6. The molecule has 0 fully saturated rings. The van der Waals surface area contributed by atoms with Crippen LogP contribution in [0.25, 0.3) is 0 Å². The third-order valence-corrected chi connectivity index (χ3v) is 27.8. The summed E-state index contributed by atoms with van der Waals surface area (Å²) < 4.78 is 33.3. The average Bonchev–Trinajstić information content (AvgIpc) is 4.09. The summed E-state index contributed by atoms with van der Waals surface area (Å²) in [6.07, 6.45) is 16.8. The van der Waals surface area contributed by atoms with Crippen molar-refractivity contribution in [1.29, 1.82) is 0 Å². The van der Waals surface area contributed by atoms with E-state index in [1.54, 1.807) is 141 Å². The van der Waals surface area contributed by atoms with E-state index in [0.717, 1.165) is 36.6 Å². The summed E-state index contributed by atoms with van der Waals surface area (Å²) in [6, 6.07) is 0. The van der Waals surface area contributed by atoms with Crippen molar-refractivity contribution in [2.24, 2.45) is 0 Å². The summed E-state index contributed by atoms with van der Waals surface area (Å²) in [7, 11) is 5.20. The fraction of sp³-hybridized carbons (Fsp3) is 0.235. The third kappa shape index (κ3) is 11.3. The first kappa shape index (κ1) is 48.1. The molecule has 308 valence electrons. The van der Waals surface area contributed by atoms with Crippen LogP contribution in [0.3, 0.4) is 0 Å². The summed E-state index contributed by atoms with van der Waals surface area (Å²) >= 11 is 25.6. The number of hydrogen-bond donors (Lipinski definition) is 0. The van der Waals surface area contributed by atoms with Crippen molar-refractivity contribution in [2.75, 3.05) is 53.5 Å². The molecule has 6 aliphatic heterocycles. The summed E-state index contributed by atoms with van der Waals surface area (Å²) in [5.74, 6) is -2.30. The molecule has 6 heterocycles. The Bertz CT molecular complexity index is 1940. The van der Waals surface area contributed by atoms with Crippen LogP contribution in [0.2, 0.25) is 0 Å². The van der Waals surface area contributed by atoms with Gasteiger partial charge in [0, 0.05) is 0 Å². The van der Waals surface area contributed by atoms with Crippen molar-refractivity contribution in [1.82, 2.24) is 0 Å². The predicted molar refractivity (Wildman–Crippen MR) is 275 cm³/mol. The van der Waals surface area contributed by atoms with Crippen LogP contribution < -0.4 is 0 Å². The van der Waals surface area contributed by atoms with E-state index >= 15 is 0 Å². The fourth-order valence-corrected chi connectivity index (χ4v) is 25.3. The highest BCUT2D eigenvalue weighted by atomic mass is 32.3. The standard InChI is InChI=1S/C34H28O8S16/c1-39-23(35)19-20(24(36)40-2)48-15(47-19)9-13(27-55-29(43-5)30(44-6)56-27)11-17-51-33-34(52-17)54-18(53-33)12-14(28-57-31(45-7)32(46-8)58-28)10-16-49-21(25(37)41-3)22(50-16)26(38)42-4/h9-12H,1-8H3. The van der Waals surface area contributed by atoms with Crippen molar-refractivity contribution < 1.29 is 38.1 Å². The van der Waals surface area contributed by atoms with Gasteiger partial charge < -0.3 is 18.9 Å². The minimum Gasteiger partial charge on any atom is -0.465 e. The molecule has 0 spiro atoms. The molecule has 0 atom stereocenters. The Morgan fingerprint density at radius 3 is 0.810 bits per heavy atom. The molecule has 0 saturated carbocycles. The molecule has 0 aromatic heterocycles. The second kappa shape index (κ2) is 22.5. The van der Waals surface area contributed by atoms with E-state index in [1.165, 1.54) is 101 Å². The Kier molecular flexibility index (Phi) is 18.6. The van der Waals surface area contributed by atoms with E-state index < -0.39 is 23.9 Å². The molecule has 0 N–H and O–H groups in total. The Morgan fingerprint density at radius 2 is 0.603 bits per heavy atom. The molecule has 0 radical (unpaired) electrons. The van der Waals surface area contributed by atoms with E-state index in [1.807, 2.05) is 12.2 Å². The van der Waals surface area contributed by atoms with E-state index in [2.05, 4.69) is 37.2 Å². The number of carbonyl (C=O) groups excluding carboxylic acids is 4. The third-order valence-electron chi connectivity index (χ3n) is 7.03. The minimum atomic E-state index is -0.574. The minimum absolute atomic E-state index is 0.221. The van der Waals surface area contributed by atoms with Crippen LogP contribution >= 0.6 is 188 Å². The Hall–Kier alpha value is 0.620. The maximum Gasteiger partial charge on any atom is 0.346 e. The second-order valence-corrected chi connectivity index (χ2v) is 29.3. The average molecular weight is 1080 g/mol. The first-order valence-electron chi connectivity index (χ1n) is 15.7. The molecular weight excluding hydrogens is 1050 g/mol. The van der Waals surface area contributed by atoms with Crippen LogP contribution in [0.4, 0.5) is 0 Å². The quantitative estimate of drug-likeness (QED) is 0.137. The zero-order valence-electron chi connectivity index (χ0n) is 31.1. The van der Waals surface area contributed by atoms with Gasteiger partial charge in [0.1, 0.15) is 19.6 Å². The van der Waals surface area contributed by atoms with Gasteiger partial charge in [0.25, 0.3) is 0 Å². The number of carbonyl (C=O) groups is 4. The second-order valence-electron chi connectivity index (χ2n) is 10.4. The summed E-state index contributed by atoms with van der Waals surface area (Å²) in [6.45, 7) is 0. The van der Waals surface area contributed by atoms with Crippen LogP contribution in [0.5, 0.6) is 0 Å². The largest absolute Gasteiger partial charge is 0.465 e. The van der Waals surface area contributed by atoms with Gasteiger partial charge in [0.2, 0.25) is 0 Å². The smallest absolute Gasteiger partial charge is 0.346 e.